The van der Waals surface area contributed by atoms with E-state index in [1.165, 1.54) is 4.68 Å². The molecule has 1 aromatic carbocycles. The van der Waals surface area contributed by atoms with E-state index in [2.05, 4.69) is 10.1 Å². The maximum absolute atomic E-state index is 12.3. The molecule has 0 saturated heterocycles. The summed E-state index contributed by atoms with van der Waals surface area (Å²) in [6, 6.07) is 11.3. The molecule has 0 saturated carbocycles. The Morgan fingerprint density at radius 1 is 1.19 bits per heavy atom. The minimum absolute atomic E-state index is 0.162. The summed E-state index contributed by atoms with van der Waals surface area (Å²) in [6.07, 6.45) is 1.63. The standard InChI is InChI=1S/C16H15N3O2/c1-3-19-16(20)15-13(5-4-10-17-15)14(18-19)11-6-8-12(21-2)9-7-11/h4-10H,3H2,1-2H3. The van der Waals surface area contributed by atoms with Crippen LogP contribution < -0.4 is 10.3 Å². The van der Waals surface area contributed by atoms with Crippen molar-refractivity contribution in [3.63, 3.8) is 0 Å². The van der Waals surface area contributed by atoms with Crippen LogP contribution in [0.3, 0.4) is 0 Å². The summed E-state index contributed by atoms with van der Waals surface area (Å²) >= 11 is 0. The average molecular weight is 281 g/mol. The van der Waals surface area contributed by atoms with E-state index >= 15 is 0 Å². The summed E-state index contributed by atoms with van der Waals surface area (Å²) < 4.78 is 6.61. The number of aryl methyl sites for hydroxylation is 1. The van der Waals surface area contributed by atoms with Crippen molar-refractivity contribution in [2.75, 3.05) is 7.11 Å². The molecule has 5 heteroatoms. The molecule has 21 heavy (non-hydrogen) atoms. The van der Waals surface area contributed by atoms with Gasteiger partial charge in [-0.05, 0) is 43.3 Å². The Balaban J connectivity index is 2.30. The fraction of sp³-hybridized carbons (Fsp3) is 0.188. The number of hydrogen-bond donors (Lipinski definition) is 0. The smallest absolute Gasteiger partial charge is 0.293 e. The van der Waals surface area contributed by atoms with Crippen molar-refractivity contribution in [3.05, 3.63) is 52.9 Å². The quantitative estimate of drug-likeness (QED) is 0.740. The zero-order chi connectivity index (χ0) is 14.8. The highest BCUT2D eigenvalue weighted by Crippen LogP contribution is 2.25. The summed E-state index contributed by atoms with van der Waals surface area (Å²) in [6.45, 7) is 2.40. The number of benzene rings is 1. The van der Waals surface area contributed by atoms with E-state index in [4.69, 9.17) is 4.74 Å². The molecule has 0 amide bonds. The highest BCUT2D eigenvalue weighted by Gasteiger charge is 2.12. The van der Waals surface area contributed by atoms with Crippen molar-refractivity contribution in [2.24, 2.45) is 0 Å². The Labute approximate surface area is 121 Å². The number of hydrogen-bond acceptors (Lipinski definition) is 4. The monoisotopic (exact) mass is 281 g/mol. The van der Waals surface area contributed by atoms with Crippen molar-refractivity contribution in [3.8, 4) is 17.0 Å². The molecule has 0 fully saturated rings. The maximum Gasteiger partial charge on any atom is 0.293 e. The maximum atomic E-state index is 12.3. The van der Waals surface area contributed by atoms with Crippen LogP contribution in [0.15, 0.2) is 47.4 Å². The number of pyridine rings is 1. The first-order valence-corrected chi connectivity index (χ1v) is 6.75. The van der Waals surface area contributed by atoms with Crippen LogP contribution in [0.2, 0.25) is 0 Å². The predicted molar refractivity (Wildman–Crippen MR) is 81.5 cm³/mol. The highest BCUT2D eigenvalue weighted by molar-refractivity contribution is 5.91. The molecule has 0 bridgehead atoms. The average Bonchev–Trinajstić information content (AvgIpc) is 2.56. The van der Waals surface area contributed by atoms with E-state index in [1.54, 1.807) is 13.3 Å². The Morgan fingerprint density at radius 2 is 1.95 bits per heavy atom. The molecule has 3 aromatic rings. The van der Waals surface area contributed by atoms with Crippen LogP contribution in [-0.2, 0) is 6.54 Å². The Bertz CT molecular complexity index is 838. The lowest BCUT2D eigenvalue weighted by Crippen LogP contribution is -2.23. The van der Waals surface area contributed by atoms with Gasteiger partial charge in [-0.1, -0.05) is 0 Å². The summed E-state index contributed by atoms with van der Waals surface area (Å²) in [5.41, 5.74) is 1.96. The molecule has 3 rings (SSSR count). The molecule has 2 heterocycles. The van der Waals surface area contributed by atoms with E-state index in [0.717, 1.165) is 22.4 Å². The second kappa shape index (κ2) is 5.36. The number of rotatable bonds is 3. The van der Waals surface area contributed by atoms with Gasteiger partial charge in [0.1, 0.15) is 17.0 Å². The van der Waals surface area contributed by atoms with Crippen molar-refractivity contribution >= 4 is 10.9 Å². The third-order valence-corrected chi connectivity index (χ3v) is 3.38. The van der Waals surface area contributed by atoms with E-state index in [9.17, 15) is 4.79 Å². The van der Waals surface area contributed by atoms with Crippen molar-refractivity contribution < 1.29 is 4.74 Å². The van der Waals surface area contributed by atoms with Gasteiger partial charge in [0, 0.05) is 23.7 Å². The minimum Gasteiger partial charge on any atom is -0.497 e. The normalized spacial score (nSPS) is 10.8. The first-order chi connectivity index (χ1) is 10.2. The molecule has 5 nitrogen and oxygen atoms in total. The topological polar surface area (TPSA) is 57.0 Å². The van der Waals surface area contributed by atoms with Gasteiger partial charge in [-0.25, -0.2) is 4.68 Å². The predicted octanol–water partition coefficient (Wildman–Crippen LogP) is 2.49. The first-order valence-electron chi connectivity index (χ1n) is 6.75. The number of methoxy groups -OCH3 is 1. The molecule has 0 radical (unpaired) electrons. The summed E-state index contributed by atoms with van der Waals surface area (Å²) in [4.78, 5) is 16.5. The van der Waals surface area contributed by atoms with Crippen molar-refractivity contribution in [1.29, 1.82) is 0 Å². The summed E-state index contributed by atoms with van der Waals surface area (Å²) in [5, 5.41) is 5.23. The van der Waals surface area contributed by atoms with E-state index in [0.29, 0.717) is 12.1 Å². The fourth-order valence-electron chi connectivity index (χ4n) is 2.29. The number of fused-ring (bicyclic) bond motifs is 1. The van der Waals surface area contributed by atoms with Crippen molar-refractivity contribution in [2.45, 2.75) is 13.5 Å². The molecule has 0 atom stereocenters. The molecule has 0 spiro atoms. The lowest BCUT2D eigenvalue weighted by Gasteiger charge is -2.09. The number of nitrogens with zero attached hydrogens (tertiary/aromatic N) is 3. The summed E-state index contributed by atoms with van der Waals surface area (Å²) in [5.74, 6) is 0.782. The molecule has 0 N–H and O–H groups in total. The lowest BCUT2D eigenvalue weighted by molar-refractivity contribution is 0.415. The van der Waals surface area contributed by atoms with Gasteiger partial charge in [-0.3, -0.25) is 9.78 Å². The van der Waals surface area contributed by atoms with E-state index in [-0.39, 0.29) is 5.56 Å². The van der Waals surface area contributed by atoms with Gasteiger partial charge in [0.15, 0.2) is 0 Å². The zero-order valence-corrected chi connectivity index (χ0v) is 11.9. The van der Waals surface area contributed by atoms with Gasteiger partial charge in [0.25, 0.3) is 5.56 Å². The number of ether oxygens (including phenoxy) is 1. The van der Waals surface area contributed by atoms with Gasteiger partial charge >= 0.3 is 0 Å². The minimum atomic E-state index is -0.162. The molecular weight excluding hydrogens is 266 g/mol. The van der Waals surface area contributed by atoms with Crippen molar-refractivity contribution in [1.82, 2.24) is 14.8 Å². The summed E-state index contributed by atoms with van der Waals surface area (Å²) in [7, 11) is 1.63. The van der Waals surface area contributed by atoms with E-state index in [1.807, 2.05) is 43.3 Å². The molecule has 2 aromatic heterocycles. The van der Waals surface area contributed by atoms with E-state index < -0.39 is 0 Å². The van der Waals surface area contributed by atoms with Gasteiger partial charge in [-0.2, -0.15) is 5.10 Å². The number of aromatic nitrogens is 3. The van der Waals surface area contributed by atoms with Crippen LogP contribution in [0.5, 0.6) is 5.75 Å². The second-order valence-electron chi connectivity index (χ2n) is 4.60. The SMILES string of the molecule is CCn1nc(-c2ccc(OC)cc2)c2cccnc2c1=O. The van der Waals surface area contributed by atoms with Crippen LogP contribution in [0, 0.1) is 0 Å². The van der Waals surface area contributed by atoms with Gasteiger partial charge in [0.05, 0.1) is 7.11 Å². The third kappa shape index (κ3) is 2.27. The van der Waals surface area contributed by atoms with Crippen LogP contribution in [0.4, 0.5) is 0 Å². The van der Waals surface area contributed by atoms with Crippen LogP contribution >= 0.6 is 0 Å². The third-order valence-electron chi connectivity index (χ3n) is 3.38. The molecule has 0 unspecified atom stereocenters. The highest BCUT2D eigenvalue weighted by atomic mass is 16.5. The Kier molecular flexibility index (Phi) is 3.39. The molecule has 0 aliphatic heterocycles. The molecule has 0 aliphatic carbocycles. The van der Waals surface area contributed by atoms with Gasteiger partial charge in [0.2, 0.25) is 0 Å². The Morgan fingerprint density at radius 3 is 2.62 bits per heavy atom. The zero-order valence-electron chi connectivity index (χ0n) is 11.9. The lowest BCUT2D eigenvalue weighted by atomic mass is 10.1. The van der Waals surface area contributed by atoms with Gasteiger partial charge in [-0.15, -0.1) is 0 Å². The second-order valence-corrected chi connectivity index (χ2v) is 4.60. The molecule has 106 valence electrons. The van der Waals surface area contributed by atoms with Crippen LogP contribution in [0.25, 0.3) is 22.2 Å². The largest absolute Gasteiger partial charge is 0.497 e. The molecular formula is C16H15N3O2. The fourth-order valence-corrected chi connectivity index (χ4v) is 2.29. The first kappa shape index (κ1) is 13.3. The Hall–Kier alpha value is -2.69. The van der Waals surface area contributed by atoms with Gasteiger partial charge < -0.3 is 4.74 Å². The van der Waals surface area contributed by atoms with Crippen LogP contribution in [-0.4, -0.2) is 21.9 Å². The molecule has 0 aliphatic rings. The van der Waals surface area contributed by atoms with Crippen LogP contribution in [0.1, 0.15) is 6.92 Å².